The minimum absolute atomic E-state index is 0.167. The van der Waals surface area contributed by atoms with Gasteiger partial charge in [-0.15, -0.1) is 6.58 Å². The van der Waals surface area contributed by atoms with E-state index in [2.05, 4.69) is 77.4 Å². The smallest absolute Gasteiger partial charge is 0.259 e. The van der Waals surface area contributed by atoms with E-state index in [9.17, 15) is 22.8 Å². The molecule has 0 radical (unpaired) electrons. The number of hydrogen-bond donors (Lipinski definition) is 3. The molecule has 0 unspecified atom stereocenters. The number of amides is 3. The van der Waals surface area contributed by atoms with Gasteiger partial charge >= 0.3 is 0 Å². The first-order valence-corrected chi connectivity index (χ1v) is 18.9. The van der Waals surface area contributed by atoms with Gasteiger partial charge in [-0.1, -0.05) is 73.6 Å². The summed E-state index contributed by atoms with van der Waals surface area (Å²) in [6.07, 6.45) is 9.80. The van der Waals surface area contributed by atoms with Gasteiger partial charge in [0.15, 0.2) is 0 Å². The van der Waals surface area contributed by atoms with E-state index >= 15 is 0 Å². The van der Waals surface area contributed by atoms with Gasteiger partial charge in [-0.3, -0.25) is 19.1 Å². The number of carbonyl (C=O) groups excluding carboxylic acids is 3. The van der Waals surface area contributed by atoms with E-state index in [1.807, 2.05) is 18.2 Å². The van der Waals surface area contributed by atoms with Gasteiger partial charge in [0, 0.05) is 23.6 Å². The van der Waals surface area contributed by atoms with Crippen molar-refractivity contribution in [3.8, 4) is 11.1 Å². The monoisotopic (exact) mass is 684 g/mol. The van der Waals surface area contributed by atoms with Crippen molar-refractivity contribution < 1.29 is 27.6 Å². The van der Waals surface area contributed by atoms with Crippen molar-refractivity contribution in [3.63, 3.8) is 0 Å². The molecule has 11 heteroatoms. The largest absolute Gasteiger partial charge is 0.392 e. The molecule has 3 amide bonds. The molecule has 2 aromatic carbocycles. The molecule has 5 atom stereocenters. The van der Waals surface area contributed by atoms with Crippen molar-refractivity contribution >= 4 is 39.5 Å². The topological polar surface area (TPSA) is 143 Å². The number of oxime groups is 1. The Morgan fingerprint density at radius 2 is 1.82 bits per heavy atom. The Balaban J connectivity index is 1.18. The van der Waals surface area contributed by atoms with Crippen LogP contribution in [0.5, 0.6) is 0 Å². The highest BCUT2D eigenvalue weighted by Crippen LogP contribution is 2.46. The average molecular weight is 685 g/mol. The van der Waals surface area contributed by atoms with E-state index in [0.29, 0.717) is 25.1 Å². The standard InChI is InChI=1S/C38H44N4O6S/c1-4-24-21-38(24,36(45)42-49(46,47)26-14-15-26)40-35(44)32-20-25-19-31(32)34(43)39-22-37(2,3)17-9-5-6-10-23-13-16-28-27-11-7-8-12-29(27)33(41-48-25)30(28)18-23/h4,6-8,10-13,16,18,24-26,31-32H,1,5,9,14-15,17,19-22H2,2-3H3,(H,39,43)(H,40,44)(H,42,45)/b10-6+,41-33+/t24-,25+,31-,32-,38-/m1/s1. The molecule has 3 N–H and O–H groups in total. The summed E-state index contributed by atoms with van der Waals surface area (Å²) < 4.78 is 27.4. The van der Waals surface area contributed by atoms with E-state index in [1.54, 1.807) is 6.08 Å². The number of benzene rings is 2. The fourth-order valence-corrected chi connectivity index (χ4v) is 8.90. The predicted molar refractivity (Wildman–Crippen MR) is 188 cm³/mol. The van der Waals surface area contributed by atoms with Crippen LogP contribution in [-0.4, -0.2) is 55.3 Å². The van der Waals surface area contributed by atoms with Crippen LogP contribution in [0.25, 0.3) is 17.2 Å². The summed E-state index contributed by atoms with van der Waals surface area (Å²) in [6, 6.07) is 14.4. The first-order chi connectivity index (χ1) is 23.4. The maximum atomic E-state index is 14.1. The maximum absolute atomic E-state index is 14.1. The summed E-state index contributed by atoms with van der Waals surface area (Å²) in [6.45, 7) is 8.48. The molecule has 4 bridgehead atoms. The molecule has 1 heterocycles. The Hall–Kier alpha value is -4.25. The summed E-state index contributed by atoms with van der Waals surface area (Å²) >= 11 is 0. The Morgan fingerprint density at radius 3 is 2.55 bits per heavy atom. The highest BCUT2D eigenvalue weighted by atomic mass is 32.2. The lowest BCUT2D eigenvalue weighted by Crippen LogP contribution is -2.54. The van der Waals surface area contributed by atoms with Crippen LogP contribution in [0.3, 0.4) is 0 Å². The fraction of sp³-hybridized carbons (Fsp3) is 0.474. The highest BCUT2D eigenvalue weighted by molar-refractivity contribution is 7.91. The van der Waals surface area contributed by atoms with Crippen molar-refractivity contribution in [2.75, 3.05) is 6.54 Å². The molecule has 0 saturated heterocycles. The molecule has 1 aliphatic heterocycles. The van der Waals surface area contributed by atoms with E-state index < -0.39 is 56.5 Å². The zero-order chi connectivity index (χ0) is 34.6. The molecule has 3 saturated carbocycles. The second-order valence-corrected chi connectivity index (χ2v) is 17.0. The minimum atomic E-state index is -3.82. The molecule has 5 aliphatic rings. The summed E-state index contributed by atoms with van der Waals surface area (Å²) in [5.41, 5.74) is 4.24. The van der Waals surface area contributed by atoms with Gasteiger partial charge < -0.3 is 15.5 Å². The number of hydrogen-bond acceptors (Lipinski definition) is 7. The van der Waals surface area contributed by atoms with Gasteiger partial charge in [-0.25, -0.2) is 8.42 Å². The summed E-state index contributed by atoms with van der Waals surface area (Å²) in [7, 11) is -3.82. The third kappa shape index (κ3) is 6.57. The van der Waals surface area contributed by atoms with E-state index in [0.717, 1.165) is 47.1 Å². The molecule has 0 spiro atoms. The highest BCUT2D eigenvalue weighted by Gasteiger charge is 2.62. The molecule has 49 heavy (non-hydrogen) atoms. The van der Waals surface area contributed by atoms with Gasteiger partial charge in [-0.05, 0) is 79.5 Å². The third-order valence-electron chi connectivity index (χ3n) is 10.8. The van der Waals surface area contributed by atoms with Crippen LogP contribution >= 0.6 is 0 Å². The van der Waals surface area contributed by atoms with Crippen molar-refractivity contribution in [1.29, 1.82) is 0 Å². The molecular formula is C38H44N4O6S. The molecule has 4 aliphatic carbocycles. The van der Waals surface area contributed by atoms with Gasteiger partial charge in [0.1, 0.15) is 17.4 Å². The van der Waals surface area contributed by atoms with Gasteiger partial charge in [0.05, 0.1) is 17.1 Å². The van der Waals surface area contributed by atoms with Crippen LogP contribution in [0.15, 0.2) is 66.4 Å². The lowest BCUT2D eigenvalue weighted by molar-refractivity contribution is -0.136. The van der Waals surface area contributed by atoms with Crippen molar-refractivity contribution in [1.82, 2.24) is 15.4 Å². The van der Waals surface area contributed by atoms with Crippen molar-refractivity contribution in [2.24, 2.45) is 28.3 Å². The number of sulfonamides is 1. The van der Waals surface area contributed by atoms with Gasteiger partial charge in [0.2, 0.25) is 21.8 Å². The zero-order valence-corrected chi connectivity index (χ0v) is 28.9. The quantitative estimate of drug-likeness (QED) is 0.317. The first kappa shape index (κ1) is 33.3. The second kappa shape index (κ2) is 12.6. The number of allylic oxidation sites excluding steroid dienone is 1. The van der Waals surface area contributed by atoms with Crippen LogP contribution in [-0.2, 0) is 29.2 Å². The van der Waals surface area contributed by atoms with Crippen LogP contribution in [0.2, 0.25) is 0 Å². The molecule has 10 nitrogen and oxygen atoms in total. The van der Waals surface area contributed by atoms with E-state index in [1.165, 1.54) is 0 Å². The summed E-state index contributed by atoms with van der Waals surface area (Å²) in [5, 5.41) is 10.1. The Bertz CT molecular complexity index is 1880. The minimum Gasteiger partial charge on any atom is -0.392 e. The maximum Gasteiger partial charge on any atom is 0.259 e. The number of carbonyl (C=O) groups is 3. The van der Waals surface area contributed by atoms with Crippen LogP contribution in [0.4, 0.5) is 0 Å². The lowest BCUT2D eigenvalue weighted by atomic mass is 9.86. The average Bonchev–Trinajstić information content (AvgIpc) is 3.98. The summed E-state index contributed by atoms with van der Waals surface area (Å²) in [5.74, 6) is -3.47. The second-order valence-electron chi connectivity index (χ2n) is 15.1. The van der Waals surface area contributed by atoms with Crippen LogP contribution < -0.4 is 15.4 Å². The molecule has 7 rings (SSSR count). The molecule has 258 valence electrons. The SMILES string of the molecule is C=C[C@@H]1C[C@]1(NC(=O)[C@@H]1C[C@@H]2C[C@H]1C(=O)NCC(C)(C)CCC/C=C/c1ccc3c(c1)/C(=N/O2)c1ccccc1-3)C(=O)NS(=O)(=O)C1CC1. The Kier molecular flexibility index (Phi) is 8.53. The van der Waals surface area contributed by atoms with Gasteiger partial charge in [0.25, 0.3) is 5.91 Å². The Labute approximate surface area is 287 Å². The van der Waals surface area contributed by atoms with E-state index in [-0.39, 0.29) is 30.6 Å². The fourth-order valence-electron chi connectivity index (χ4n) is 7.54. The first-order valence-electron chi connectivity index (χ1n) is 17.3. The zero-order valence-electron chi connectivity index (χ0n) is 28.0. The number of nitrogens with zero attached hydrogens (tertiary/aromatic N) is 1. The molecule has 3 fully saturated rings. The Morgan fingerprint density at radius 1 is 1.06 bits per heavy atom. The predicted octanol–water partition coefficient (Wildman–Crippen LogP) is 4.84. The van der Waals surface area contributed by atoms with E-state index in [4.69, 9.17) is 4.84 Å². The van der Waals surface area contributed by atoms with Gasteiger partial charge in [-0.2, -0.15) is 0 Å². The van der Waals surface area contributed by atoms with Crippen LogP contribution in [0, 0.1) is 23.2 Å². The third-order valence-corrected chi connectivity index (χ3v) is 12.6. The van der Waals surface area contributed by atoms with Crippen molar-refractivity contribution in [2.45, 2.75) is 82.1 Å². The number of rotatable bonds is 6. The normalized spacial score (nSPS) is 30.6. The van der Waals surface area contributed by atoms with Crippen molar-refractivity contribution in [3.05, 3.63) is 77.9 Å². The van der Waals surface area contributed by atoms with Crippen LogP contribution in [0.1, 0.15) is 81.9 Å². The molecule has 0 aromatic heterocycles. The summed E-state index contributed by atoms with van der Waals surface area (Å²) in [4.78, 5) is 47.5. The molecular weight excluding hydrogens is 641 g/mol. The molecule has 2 aromatic rings. The number of fused-ring (bicyclic) bond motifs is 6. The lowest BCUT2D eigenvalue weighted by Gasteiger charge is -2.27. The number of nitrogens with one attached hydrogen (secondary N) is 3.